The van der Waals surface area contributed by atoms with Gasteiger partial charge in [-0.15, -0.1) is 0 Å². The average Bonchev–Trinajstić information content (AvgIpc) is 3.16. The van der Waals surface area contributed by atoms with Crippen LogP contribution in [-0.4, -0.2) is 0 Å². The monoisotopic (exact) mass is 606 g/mol. The van der Waals surface area contributed by atoms with Crippen molar-refractivity contribution < 1.29 is 0 Å². The molecule has 10 aromatic carbocycles. The highest BCUT2D eigenvalue weighted by molar-refractivity contribution is 6.24. The lowest BCUT2D eigenvalue weighted by Gasteiger charge is -2.19. The summed E-state index contributed by atoms with van der Waals surface area (Å²) in [5, 5.41) is 15.3. The molecule has 48 heavy (non-hydrogen) atoms. The van der Waals surface area contributed by atoms with Gasteiger partial charge < -0.3 is 0 Å². The van der Waals surface area contributed by atoms with Crippen molar-refractivity contribution in [2.75, 3.05) is 0 Å². The Kier molecular flexibility index (Phi) is 5.98. The summed E-state index contributed by atoms with van der Waals surface area (Å²) in [4.78, 5) is 0. The zero-order valence-corrected chi connectivity index (χ0v) is 26.3. The van der Waals surface area contributed by atoms with Crippen molar-refractivity contribution in [3.8, 4) is 33.4 Å². The van der Waals surface area contributed by atoms with Crippen LogP contribution in [0.3, 0.4) is 0 Å². The van der Waals surface area contributed by atoms with Gasteiger partial charge in [0.15, 0.2) is 0 Å². The molecule has 0 fully saturated rings. The molecule has 0 saturated heterocycles. The van der Waals surface area contributed by atoms with Crippen LogP contribution in [0.15, 0.2) is 182 Å². The first-order chi connectivity index (χ1) is 23.8. The van der Waals surface area contributed by atoms with Crippen molar-refractivity contribution >= 4 is 64.6 Å². The van der Waals surface area contributed by atoms with E-state index in [1.807, 2.05) is 0 Å². The Morgan fingerprint density at radius 2 is 0.688 bits per heavy atom. The Morgan fingerprint density at radius 1 is 0.208 bits per heavy atom. The van der Waals surface area contributed by atoms with Crippen molar-refractivity contribution in [1.29, 1.82) is 0 Å². The predicted octanol–water partition coefficient (Wildman–Crippen LogP) is 13.6. The SMILES string of the molecule is c1ccc2c(-c3c4ccccc4c(-c4ccc5cc(-c6cc7ccccc7c7ccccc67)ccc5c4)c4ccccc34)cccc2c1. The Balaban J connectivity index is 1.18. The zero-order chi connectivity index (χ0) is 31.6. The molecule has 0 unspecified atom stereocenters. The zero-order valence-electron chi connectivity index (χ0n) is 26.3. The molecule has 0 aliphatic carbocycles. The van der Waals surface area contributed by atoms with Gasteiger partial charge in [0.25, 0.3) is 0 Å². The van der Waals surface area contributed by atoms with E-state index in [0.717, 1.165) is 0 Å². The van der Waals surface area contributed by atoms with Crippen LogP contribution in [0.4, 0.5) is 0 Å². The smallest absolute Gasteiger partial charge is 0.00201 e. The van der Waals surface area contributed by atoms with E-state index in [9.17, 15) is 0 Å². The van der Waals surface area contributed by atoms with Gasteiger partial charge in [0, 0.05) is 0 Å². The van der Waals surface area contributed by atoms with Crippen LogP contribution in [-0.2, 0) is 0 Å². The second-order valence-corrected chi connectivity index (χ2v) is 12.8. The van der Waals surface area contributed by atoms with Gasteiger partial charge in [0.2, 0.25) is 0 Å². The largest absolute Gasteiger partial charge is 0.0616 e. The maximum atomic E-state index is 2.38. The molecule has 10 rings (SSSR count). The van der Waals surface area contributed by atoms with E-state index in [4.69, 9.17) is 0 Å². The van der Waals surface area contributed by atoms with E-state index in [1.54, 1.807) is 0 Å². The highest BCUT2D eigenvalue weighted by Gasteiger charge is 2.18. The molecule has 0 saturated carbocycles. The fourth-order valence-electron chi connectivity index (χ4n) is 8.03. The first kappa shape index (κ1) is 26.9. The first-order valence-electron chi connectivity index (χ1n) is 16.7. The highest BCUT2D eigenvalue weighted by atomic mass is 14.2. The Bertz CT molecular complexity index is 2830. The fraction of sp³-hybridized carbons (Fsp3) is 0. The van der Waals surface area contributed by atoms with E-state index in [1.165, 1.54) is 98.0 Å². The van der Waals surface area contributed by atoms with Gasteiger partial charge in [0.1, 0.15) is 0 Å². The molecule has 0 aromatic heterocycles. The molecule has 0 atom stereocenters. The molecule has 0 aliphatic rings. The van der Waals surface area contributed by atoms with Crippen LogP contribution < -0.4 is 0 Å². The third kappa shape index (κ3) is 4.10. The number of fused-ring (bicyclic) bond motifs is 7. The minimum Gasteiger partial charge on any atom is -0.0616 e. The molecule has 0 heteroatoms. The third-order valence-electron chi connectivity index (χ3n) is 10.2. The summed E-state index contributed by atoms with van der Waals surface area (Å²) >= 11 is 0. The highest BCUT2D eigenvalue weighted by Crippen LogP contribution is 2.46. The van der Waals surface area contributed by atoms with Gasteiger partial charge in [-0.1, -0.05) is 164 Å². The molecule has 0 nitrogen and oxygen atoms in total. The Hall–Kier alpha value is -6.24. The second-order valence-electron chi connectivity index (χ2n) is 12.8. The van der Waals surface area contributed by atoms with Gasteiger partial charge in [-0.3, -0.25) is 0 Å². The third-order valence-corrected chi connectivity index (χ3v) is 10.2. The maximum absolute atomic E-state index is 2.38. The molecule has 0 radical (unpaired) electrons. The van der Waals surface area contributed by atoms with Crippen LogP contribution in [0, 0.1) is 0 Å². The maximum Gasteiger partial charge on any atom is -0.00201 e. The van der Waals surface area contributed by atoms with Gasteiger partial charge in [-0.05, 0) is 116 Å². The summed E-state index contributed by atoms with van der Waals surface area (Å²) in [6, 6.07) is 67.1. The van der Waals surface area contributed by atoms with Crippen LogP contribution in [0.5, 0.6) is 0 Å². The Labute approximate surface area is 279 Å². The van der Waals surface area contributed by atoms with Crippen molar-refractivity contribution in [2.45, 2.75) is 0 Å². The summed E-state index contributed by atoms with van der Waals surface area (Å²) < 4.78 is 0. The van der Waals surface area contributed by atoms with Gasteiger partial charge in [-0.25, -0.2) is 0 Å². The lowest BCUT2D eigenvalue weighted by Crippen LogP contribution is -1.91. The first-order valence-corrected chi connectivity index (χ1v) is 16.7. The number of benzene rings is 10. The van der Waals surface area contributed by atoms with Crippen molar-refractivity contribution in [1.82, 2.24) is 0 Å². The molecular formula is C48H30. The van der Waals surface area contributed by atoms with E-state index in [2.05, 4.69) is 182 Å². The molecule has 0 heterocycles. The second kappa shape index (κ2) is 10.7. The van der Waals surface area contributed by atoms with Crippen molar-refractivity contribution in [3.05, 3.63) is 182 Å². The van der Waals surface area contributed by atoms with Crippen molar-refractivity contribution in [2.24, 2.45) is 0 Å². The van der Waals surface area contributed by atoms with E-state index >= 15 is 0 Å². The van der Waals surface area contributed by atoms with Gasteiger partial charge >= 0.3 is 0 Å². The van der Waals surface area contributed by atoms with Crippen LogP contribution in [0.2, 0.25) is 0 Å². The standard InChI is InChI=1S/C48H30/c1-3-15-37-31(12-1)14-11-23-41(37)48-44-21-9-7-19-42(44)47(43-20-8-10-22-45(43)48)36-27-25-32-28-35(26-24-33(32)29-36)46-30-34-13-2-4-16-38(34)39-17-5-6-18-40(39)46/h1-30H. The van der Waals surface area contributed by atoms with E-state index in [0.29, 0.717) is 0 Å². The van der Waals surface area contributed by atoms with E-state index < -0.39 is 0 Å². The molecule has 0 spiro atoms. The van der Waals surface area contributed by atoms with Gasteiger partial charge in [0.05, 0.1) is 0 Å². The van der Waals surface area contributed by atoms with Crippen molar-refractivity contribution in [3.63, 3.8) is 0 Å². The number of rotatable bonds is 3. The Morgan fingerprint density at radius 3 is 1.38 bits per heavy atom. The molecule has 222 valence electrons. The summed E-state index contributed by atoms with van der Waals surface area (Å²) in [6.07, 6.45) is 0. The number of hydrogen-bond donors (Lipinski definition) is 0. The molecule has 10 aromatic rings. The summed E-state index contributed by atoms with van der Waals surface area (Å²) in [5.74, 6) is 0. The summed E-state index contributed by atoms with van der Waals surface area (Å²) in [6.45, 7) is 0. The summed E-state index contributed by atoms with van der Waals surface area (Å²) in [5.41, 5.74) is 7.62. The molecular weight excluding hydrogens is 577 g/mol. The normalized spacial score (nSPS) is 11.8. The van der Waals surface area contributed by atoms with Gasteiger partial charge in [-0.2, -0.15) is 0 Å². The van der Waals surface area contributed by atoms with Crippen LogP contribution in [0.25, 0.3) is 98.0 Å². The quantitative estimate of drug-likeness (QED) is 0.139. The molecule has 0 amide bonds. The molecule has 0 aliphatic heterocycles. The fourth-order valence-corrected chi connectivity index (χ4v) is 8.03. The van der Waals surface area contributed by atoms with E-state index in [-0.39, 0.29) is 0 Å². The minimum atomic E-state index is 1.24. The lowest BCUT2D eigenvalue weighted by molar-refractivity contribution is 1.67. The average molecular weight is 607 g/mol. The number of hydrogen-bond acceptors (Lipinski definition) is 0. The van der Waals surface area contributed by atoms with Crippen LogP contribution >= 0.6 is 0 Å². The topological polar surface area (TPSA) is 0 Å². The molecule has 0 N–H and O–H groups in total. The minimum absolute atomic E-state index is 1.24. The molecule has 0 bridgehead atoms. The summed E-state index contributed by atoms with van der Waals surface area (Å²) in [7, 11) is 0. The predicted molar refractivity (Wildman–Crippen MR) is 208 cm³/mol. The van der Waals surface area contributed by atoms with Crippen LogP contribution in [0.1, 0.15) is 0 Å². The lowest BCUT2D eigenvalue weighted by atomic mass is 9.84.